The molecule has 6 rings (SSSR count). The number of likely N-dealkylation sites (tertiary alicyclic amines) is 2. The summed E-state index contributed by atoms with van der Waals surface area (Å²) in [7, 11) is 1.36. The van der Waals surface area contributed by atoms with Crippen LogP contribution >= 0.6 is 0 Å². The zero-order valence-corrected chi connectivity index (χ0v) is 30.5. The number of carbonyl (C=O) groups is 3. The summed E-state index contributed by atoms with van der Waals surface area (Å²) in [6.07, 6.45) is 4.44. The lowest BCUT2D eigenvalue weighted by Gasteiger charge is -2.27. The second-order valence-corrected chi connectivity index (χ2v) is 15.2. The quantitative estimate of drug-likeness (QED) is 0.146. The average Bonchev–Trinajstić information content (AvgIpc) is 3.89. The van der Waals surface area contributed by atoms with Crippen molar-refractivity contribution in [3.05, 3.63) is 72.1 Å². The SMILES string of the molecule is COC(=O)Cc1[nH]c([C@@H]2CCCN2C(=O)OC(C)(C)C)nc1-c1ccc(-c2ccc(-c3cnc([C@@H]4CCCN4C(=O)OC(C)(C)C)[nH]3)cc2)cc1. The van der Waals surface area contributed by atoms with Crippen LogP contribution in [0.3, 0.4) is 0 Å². The van der Waals surface area contributed by atoms with Crippen molar-refractivity contribution < 1.29 is 28.6 Å². The molecule has 12 heteroatoms. The van der Waals surface area contributed by atoms with Crippen LogP contribution in [0.1, 0.15) is 96.7 Å². The molecule has 2 fully saturated rings. The molecule has 12 nitrogen and oxygen atoms in total. The van der Waals surface area contributed by atoms with Gasteiger partial charge < -0.3 is 24.2 Å². The molecule has 2 aromatic heterocycles. The summed E-state index contributed by atoms with van der Waals surface area (Å²) in [5.41, 5.74) is 4.88. The summed E-state index contributed by atoms with van der Waals surface area (Å²) in [6.45, 7) is 12.4. The number of hydrogen-bond acceptors (Lipinski definition) is 8. The first kappa shape index (κ1) is 35.7. The number of methoxy groups -OCH3 is 1. The molecule has 4 heterocycles. The Morgan fingerprint density at radius 2 is 1.22 bits per heavy atom. The van der Waals surface area contributed by atoms with Gasteiger partial charge in [0.05, 0.1) is 48.9 Å². The van der Waals surface area contributed by atoms with E-state index in [4.69, 9.17) is 19.2 Å². The minimum absolute atomic E-state index is 0.0241. The summed E-state index contributed by atoms with van der Waals surface area (Å²) in [4.78, 5) is 58.0. The molecule has 2 aliphatic rings. The van der Waals surface area contributed by atoms with Crippen LogP contribution in [0.25, 0.3) is 33.6 Å². The fourth-order valence-corrected chi connectivity index (χ4v) is 6.67. The molecule has 2 aromatic carbocycles. The smallest absolute Gasteiger partial charge is 0.410 e. The maximum Gasteiger partial charge on any atom is 0.410 e. The molecule has 0 bridgehead atoms. The van der Waals surface area contributed by atoms with Crippen molar-refractivity contribution in [1.29, 1.82) is 0 Å². The Morgan fingerprint density at radius 3 is 1.73 bits per heavy atom. The standard InChI is InChI=1S/C39H48N6O6/c1-38(2,3)50-36(47)44-20-8-10-30(44)34-40-23-29(42-34)26-16-12-24(13-17-26)25-14-18-27(19-15-25)33-28(22-32(46)49-7)41-35(43-33)31-11-9-21-45(31)37(48)51-39(4,5)6/h12-19,23,30-31H,8-11,20-22H2,1-7H3,(H,40,42)(H,41,43)/t30-,31-/m0/s1. The molecule has 2 amide bonds. The molecule has 2 atom stereocenters. The number of rotatable bonds is 7. The largest absolute Gasteiger partial charge is 0.469 e. The highest BCUT2D eigenvalue weighted by atomic mass is 16.6. The number of aromatic nitrogens is 4. The van der Waals surface area contributed by atoms with E-state index in [1.165, 1.54) is 7.11 Å². The number of amides is 2. The fourth-order valence-electron chi connectivity index (χ4n) is 6.67. The second kappa shape index (κ2) is 14.2. The molecule has 51 heavy (non-hydrogen) atoms. The molecule has 0 radical (unpaired) electrons. The van der Waals surface area contributed by atoms with E-state index in [-0.39, 0.29) is 36.7 Å². The Hall–Kier alpha value is -5.13. The van der Waals surface area contributed by atoms with Gasteiger partial charge in [-0.3, -0.25) is 14.6 Å². The van der Waals surface area contributed by atoms with Crippen molar-refractivity contribution >= 4 is 18.2 Å². The summed E-state index contributed by atoms with van der Waals surface area (Å²) >= 11 is 0. The van der Waals surface area contributed by atoms with Crippen molar-refractivity contribution in [2.45, 2.75) is 96.9 Å². The van der Waals surface area contributed by atoms with E-state index < -0.39 is 11.2 Å². The van der Waals surface area contributed by atoms with Crippen LogP contribution in [0.4, 0.5) is 9.59 Å². The molecule has 2 saturated heterocycles. The number of nitrogens with one attached hydrogen (secondary N) is 2. The Morgan fingerprint density at radius 1 is 0.725 bits per heavy atom. The average molecular weight is 697 g/mol. The van der Waals surface area contributed by atoms with Gasteiger partial charge in [-0.15, -0.1) is 0 Å². The number of hydrogen-bond donors (Lipinski definition) is 2. The van der Waals surface area contributed by atoms with Crippen LogP contribution in [0.5, 0.6) is 0 Å². The van der Waals surface area contributed by atoms with Crippen molar-refractivity contribution in [2.75, 3.05) is 20.2 Å². The van der Waals surface area contributed by atoms with Gasteiger partial charge in [-0.2, -0.15) is 0 Å². The summed E-state index contributed by atoms with van der Waals surface area (Å²) < 4.78 is 16.3. The normalized spacial score (nSPS) is 17.9. The topological polar surface area (TPSA) is 143 Å². The van der Waals surface area contributed by atoms with E-state index >= 15 is 0 Å². The van der Waals surface area contributed by atoms with Gasteiger partial charge in [-0.1, -0.05) is 48.5 Å². The second-order valence-electron chi connectivity index (χ2n) is 15.2. The maximum absolute atomic E-state index is 13.0. The predicted molar refractivity (Wildman–Crippen MR) is 193 cm³/mol. The van der Waals surface area contributed by atoms with Crippen LogP contribution in [-0.2, 0) is 25.4 Å². The minimum Gasteiger partial charge on any atom is -0.469 e. The van der Waals surface area contributed by atoms with Gasteiger partial charge in [0.2, 0.25) is 0 Å². The molecular weight excluding hydrogens is 648 g/mol. The first-order valence-corrected chi connectivity index (χ1v) is 17.6. The molecule has 4 aromatic rings. The third kappa shape index (κ3) is 8.27. The fraction of sp³-hybridized carbons (Fsp3) is 0.462. The highest BCUT2D eigenvalue weighted by molar-refractivity contribution is 5.77. The molecule has 0 unspecified atom stereocenters. The van der Waals surface area contributed by atoms with Crippen molar-refractivity contribution in [3.63, 3.8) is 0 Å². The van der Waals surface area contributed by atoms with Gasteiger partial charge in [-0.25, -0.2) is 19.6 Å². The lowest BCUT2D eigenvalue weighted by molar-refractivity contribution is -0.139. The zero-order chi connectivity index (χ0) is 36.5. The van der Waals surface area contributed by atoms with E-state index in [2.05, 4.69) is 27.1 Å². The highest BCUT2D eigenvalue weighted by Gasteiger charge is 2.36. The summed E-state index contributed by atoms with van der Waals surface area (Å²) in [6, 6.07) is 15.8. The van der Waals surface area contributed by atoms with Gasteiger partial charge in [0, 0.05) is 18.7 Å². The van der Waals surface area contributed by atoms with Crippen molar-refractivity contribution in [1.82, 2.24) is 29.7 Å². The molecular formula is C39H48N6O6. The van der Waals surface area contributed by atoms with Crippen molar-refractivity contribution in [3.8, 4) is 33.6 Å². The number of imidazole rings is 2. The van der Waals surface area contributed by atoms with Gasteiger partial charge >= 0.3 is 18.2 Å². The van der Waals surface area contributed by atoms with Gasteiger partial charge in [-0.05, 0) is 83.9 Å². The summed E-state index contributed by atoms with van der Waals surface area (Å²) in [5.74, 6) is 0.998. The van der Waals surface area contributed by atoms with E-state index in [0.717, 1.165) is 59.5 Å². The molecule has 0 spiro atoms. The van der Waals surface area contributed by atoms with Crippen molar-refractivity contribution in [2.24, 2.45) is 0 Å². The van der Waals surface area contributed by atoms with E-state index in [0.29, 0.717) is 30.3 Å². The number of esters is 1. The minimum atomic E-state index is -0.610. The Labute approximate surface area is 298 Å². The third-order valence-corrected chi connectivity index (χ3v) is 9.02. The lowest BCUT2D eigenvalue weighted by atomic mass is 10.0. The third-order valence-electron chi connectivity index (χ3n) is 9.02. The number of aromatic amines is 2. The van der Waals surface area contributed by atoms with Crippen LogP contribution in [-0.4, -0.2) is 79.3 Å². The Bertz CT molecular complexity index is 1870. The van der Waals surface area contributed by atoms with Gasteiger partial charge in [0.1, 0.15) is 22.9 Å². The Balaban J connectivity index is 1.18. The molecule has 2 aliphatic heterocycles. The molecule has 0 aliphatic carbocycles. The first-order valence-electron chi connectivity index (χ1n) is 17.6. The van der Waals surface area contributed by atoms with Crippen LogP contribution in [0, 0.1) is 0 Å². The number of nitrogens with zero attached hydrogens (tertiary/aromatic N) is 4. The molecule has 270 valence electrons. The number of benzene rings is 2. The number of ether oxygens (including phenoxy) is 3. The van der Waals surface area contributed by atoms with Gasteiger partial charge in [0.25, 0.3) is 0 Å². The maximum atomic E-state index is 13.0. The summed E-state index contributed by atoms with van der Waals surface area (Å²) in [5, 5.41) is 0. The molecule has 0 saturated carbocycles. The molecule has 2 N–H and O–H groups in total. The van der Waals surface area contributed by atoms with Crippen LogP contribution < -0.4 is 0 Å². The predicted octanol–water partition coefficient (Wildman–Crippen LogP) is 7.99. The van der Waals surface area contributed by atoms with E-state index in [1.54, 1.807) is 9.80 Å². The zero-order valence-electron chi connectivity index (χ0n) is 30.5. The van der Waals surface area contributed by atoms with E-state index in [9.17, 15) is 14.4 Å². The Kier molecular flexibility index (Phi) is 9.97. The number of carbonyl (C=O) groups excluding carboxylic acids is 3. The highest BCUT2D eigenvalue weighted by Crippen LogP contribution is 2.36. The van der Waals surface area contributed by atoms with Crippen LogP contribution in [0.2, 0.25) is 0 Å². The lowest BCUT2D eigenvalue weighted by Crippen LogP contribution is -2.36. The van der Waals surface area contributed by atoms with Gasteiger partial charge in [0.15, 0.2) is 0 Å². The van der Waals surface area contributed by atoms with Crippen LogP contribution in [0.15, 0.2) is 54.7 Å². The monoisotopic (exact) mass is 696 g/mol. The van der Waals surface area contributed by atoms with E-state index in [1.807, 2.05) is 84.1 Å². The number of H-pyrrole nitrogens is 2. The first-order chi connectivity index (χ1) is 24.2.